The molecule has 0 saturated heterocycles. The lowest BCUT2D eigenvalue weighted by Crippen LogP contribution is -2.39. The van der Waals surface area contributed by atoms with Crippen LogP contribution in [0.3, 0.4) is 0 Å². The van der Waals surface area contributed by atoms with Crippen LogP contribution in [0.25, 0.3) is 10.8 Å². The van der Waals surface area contributed by atoms with E-state index in [1.165, 1.54) is 11.0 Å². The van der Waals surface area contributed by atoms with Gasteiger partial charge >= 0.3 is 0 Å². The molecule has 1 N–H and O–H groups in total. The van der Waals surface area contributed by atoms with Crippen LogP contribution in [-0.4, -0.2) is 30.3 Å². The van der Waals surface area contributed by atoms with E-state index in [1.54, 1.807) is 14.0 Å². The summed E-state index contributed by atoms with van der Waals surface area (Å²) in [7, 11) is 1.56. The number of amides is 2. The van der Waals surface area contributed by atoms with Crippen molar-refractivity contribution in [3.8, 4) is 0 Å². The first-order chi connectivity index (χ1) is 13.9. The quantitative estimate of drug-likeness (QED) is 0.685. The zero-order valence-electron chi connectivity index (χ0n) is 16.3. The van der Waals surface area contributed by atoms with Crippen LogP contribution in [0.5, 0.6) is 0 Å². The van der Waals surface area contributed by atoms with Crippen LogP contribution in [0, 0.1) is 11.6 Å². The SMILES string of the molecule is CC(c1ccc(F)c(F)c1)N(C)C(=O)CNC(=O)Cc1cccc2ccccc12. The number of hydrogen-bond donors (Lipinski definition) is 1. The molecule has 0 aliphatic rings. The van der Waals surface area contributed by atoms with E-state index in [4.69, 9.17) is 0 Å². The molecule has 2 amide bonds. The summed E-state index contributed by atoms with van der Waals surface area (Å²) in [5, 5.41) is 4.69. The third-order valence-electron chi connectivity index (χ3n) is 5.07. The second-order valence-corrected chi connectivity index (χ2v) is 6.95. The summed E-state index contributed by atoms with van der Waals surface area (Å²) in [5.74, 6) is -2.48. The number of carbonyl (C=O) groups excluding carboxylic acids is 2. The van der Waals surface area contributed by atoms with Gasteiger partial charge in [-0.05, 0) is 41.0 Å². The monoisotopic (exact) mass is 396 g/mol. The van der Waals surface area contributed by atoms with Gasteiger partial charge in [0, 0.05) is 7.05 Å². The number of hydrogen-bond acceptors (Lipinski definition) is 2. The van der Waals surface area contributed by atoms with Gasteiger partial charge in [-0.1, -0.05) is 48.5 Å². The molecule has 0 bridgehead atoms. The van der Waals surface area contributed by atoms with Crippen LogP contribution in [0.4, 0.5) is 8.78 Å². The summed E-state index contributed by atoms with van der Waals surface area (Å²) in [6.45, 7) is 1.54. The van der Waals surface area contributed by atoms with Gasteiger partial charge in [0.15, 0.2) is 11.6 Å². The normalized spacial score (nSPS) is 11.9. The number of benzene rings is 3. The Morgan fingerprint density at radius 1 is 1.00 bits per heavy atom. The van der Waals surface area contributed by atoms with E-state index < -0.39 is 17.7 Å². The van der Waals surface area contributed by atoms with Gasteiger partial charge in [0.1, 0.15) is 0 Å². The van der Waals surface area contributed by atoms with Gasteiger partial charge in [0.25, 0.3) is 0 Å². The molecule has 1 atom stereocenters. The Kier molecular flexibility index (Phi) is 6.22. The smallest absolute Gasteiger partial charge is 0.242 e. The van der Waals surface area contributed by atoms with E-state index in [-0.39, 0.29) is 24.8 Å². The molecule has 6 heteroatoms. The standard InChI is InChI=1S/C23H22F2N2O2/c1-15(17-10-11-20(24)21(25)12-17)27(2)23(29)14-26-22(28)13-18-8-5-7-16-6-3-4-9-19(16)18/h3-12,15H,13-14H2,1-2H3,(H,26,28). The lowest BCUT2D eigenvalue weighted by Gasteiger charge is -2.25. The Labute approximate surface area is 168 Å². The summed E-state index contributed by atoms with van der Waals surface area (Å²) in [4.78, 5) is 26.1. The molecule has 0 aliphatic heterocycles. The zero-order valence-corrected chi connectivity index (χ0v) is 16.3. The molecule has 0 fully saturated rings. The van der Waals surface area contributed by atoms with E-state index in [0.717, 1.165) is 28.5 Å². The first-order valence-electron chi connectivity index (χ1n) is 9.30. The number of fused-ring (bicyclic) bond motifs is 1. The number of nitrogens with zero attached hydrogens (tertiary/aromatic N) is 1. The predicted molar refractivity (Wildman–Crippen MR) is 108 cm³/mol. The number of carbonyl (C=O) groups is 2. The molecule has 0 aromatic heterocycles. The highest BCUT2D eigenvalue weighted by atomic mass is 19.2. The highest BCUT2D eigenvalue weighted by molar-refractivity contribution is 5.91. The summed E-state index contributed by atoms with van der Waals surface area (Å²) in [6, 6.07) is 16.6. The lowest BCUT2D eigenvalue weighted by atomic mass is 10.0. The molecule has 150 valence electrons. The van der Waals surface area contributed by atoms with Gasteiger partial charge in [-0.3, -0.25) is 9.59 Å². The number of rotatable bonds is 6. The Morgan fingerprint density at radius 2 is 1.72 bits per heavy atom. The van der Waals surface area contributed by atoms with Crippen molar-refractivity contribution in [2.24, 2.45) is 0 Å². The lowest BCUT2D eigenvalue weighted by molar-refractivity contribution is -0.133. The molecule has 1 unspecified atom stereocenters. The topological polar surface area (TPSA) is 49.4 Å². The molecular weight excluding hydrogens is 374 g/mol. The van der Waals surface area contributed by atoms with E-state index in [2.05, 4.69) is 5.32 Å². The van der Waals surface area contributed by atoms with Gasteiger partial charge in [0.2, 0.25) is 11.8 Å². The number of nitrogens with one attached hydrogen (secondary N) is 1. The van der Waals surface area contributed by atoms with E-state index in [0.29, 0.717) is 5.56 Å². The van der Waals surface area contributed by atoms with Crippen molar-refractivity contribution in [3.05, 3.63) is 83.4 Å². The van der Waals surface area contributed by atoms with Crippen LogP contribution in [0.2, 0.25) is 0 Å². The fraction of sp³-hybridized carbons (Fsp3) is 0.217. The Bertz CT molecular complexity index is 1050. The molecule has 0 radical (unpaired) electrons. The molecule has 0 saturated carbocycles. The van der Waals surface area contributed by atoms with Gasteiger partial charge in [-0.15, -0.1) is 0 Å². The summed E-state index contributed by atoms with van der Waals surface area (Å²) in [5.41, 5.74) is 1.36. The Morgan fingerprint density at radius 3 is 2.48 bits per heavy atom. The predicted octanol–water partition coefficient (Wildman–Crippen LogP) is 4.00. The fourth-order valence-electron chi connectivity index (χ4n) is 3.19. The second kappa shape index (κ2) is 8.82. The van der Waals surface area contributed by atoms with Crippen molar-refractivity contribution < 1.29 is 18.4 Å². The maximum absolute atomic E-state index is 13.4. The Balaban J connectivity index is 1.59. The minimum Gasteiger partial charge on any atom is -0.347 e. The van der Waals surface area contributed by atoms with Crippen LogP contribution in [0.15, 0.2) is 60.7 Å². The van der Waals surface area contributed by atoms with Gasteiger partial charge in [-0.25, -0.2) is 8.78 Å². The van der Waals surface area contributed by atoms with Crippen LogP contribution >= 0.6 is 0 Å². The molecule has 4 nitrogen and oxygen atoms in total. The van der Waals surface area contributed by atoms with Crippen molar-refractivity contribution in [3.63, 3.8) is 0 Å². The number of likely N-dealkylation sites (N-methyl/N-ethyl adjacent to an activating group) is 1. The first-order valence-corrected chi connectivity index (χ1v) is 9.30. The minimum atomic E-state index is -0.960. The molecule has 3 rings (SSSR count). The van der Waals surface area contributed by atoms with E-state index in [1.807, 2.05) is 42.5 Å². The van der Waals surface area contributed by atoms with Crippen molar-refractivity contribution >= 4 is 22.6 Å². The molecule has 3 aromatic rings. The highest BCUT2D eigenvalue weighted by Crippen LogP contribution is 2.21. The Hall–Kier alpha value is -3.28. The summed E-state index contributed by atoms with van der Waals surface area (Å²) >= 11 is 0. The molecule has 29 heavy (non-hydrogen) atoms. The average Bonchev–Trinajstić information content (AvgIpc) is 2.73. The van der Waals surface area contributed by atoms with Gasteiger partial charge < -0.3 is 10.2 Å². The van der Waals surface area contributed by atoms with Crippen LogP contribution in [0.1, 0.15) is 24.1 Å². The zero-order chi connectivity index (χ0) is 21.0. The fourth-order valence-corrected chi connectivity index (χ4v) is 3.19. The summed E-state index contributed by atoms with van der Waals surface area (Å²) < 4.78 is 26.5. The number of halogens is 2. The largest absolute Gasteiger partial charge is 0.347 e. The summed E-state index contributed by atoms with van der Waals surface area (Å²) in [6.07, 6.45) is 0.164. The maximum atomic E-state index is 13.4. The van der Waals surface area contributed by atoms with Crippen molar-refractivity contribution in [1.29, 1.82) is 0 Å². The third kappa shape index (κ3) is 4.77. The van der Waals surface area contributed by atoms with E-state index >= 15 is 0 Å². The molecule has 0 heterocycles. The molecule has 3 aromatic carbocycles. The van der Waals surface area contributed by atoms with Crippen molar-refractivity contribution in [1.82, 2.24) is 10.2 Å². The van der Waals surface area contributed by atoms with Crippen LogP contribution < -0.4 is 5.32 Å². The minimum absolute atomic E-state index is 0.164. The first kappa shape index (κ1) is 20.5. The highest BCUT2D eigenvalue weighted by Gasteiger charge is 2.19. The second-order valence-electron chi connectivity index (χ2n) is 6.95. The van der Waals surface area contributed by atoms with Crippen LogP contribution in [-0.2, 0) is 16.0 Å². The van der Waals surface area contributed by atoms with Gasteiger partial charge in [0.05, 0.1) is 19.0 Å². The third-order valence-corrected chi connectivity index (χ3v) is 5.07. The molecular formula is C23H22F2N2O2. The average molecular weight is 396 g/mol. The maximum Gasteiger partial charge on any atom is 0.242 e. The molecule has 0 spiro atoms. The van der Waals surface area contributed by atoms with Gasteiger partial charge in [-0.2, -0.15) is 0 Å². The van der Waals surface area contributed by atoms with Crippen molar-refractivity contribution in [2.45, 2.75) is 19.4 Å². The molecule has 0 aliphatic carbocycles. The van der Waals surface area contributed by atoms with E-state index in [9.17, 15) is 18.4 Å². The van der Waals surface area contributed by atoms with Crippen molar-refractivity contribution in [2.75, 3.05) is 13.6 Å².